The molecule has 1 aromatic carbocycles. The maximum Gasteiger partial charge on any atom is 0.303 e. The Morgan fingerprint density at radius 1 is 1.16 bits per heavy atom. The monoisotopic (exact) mass is 552 g/mol. The van der Waals surface area contributed by atoms with Crippen molar-refractivity contribution < 1.29 is 19.8 Å². The number of rotatable bonds is 11. The van der Waals surface area contributed by atoms with E-state index < -0.39 is 12.1 Å². The molecule has 1 fully saturated rings. The van der Waals surface area contributed by atoms with E-state index in [-0.39, 0.29) is 35.8 Å². The van der Waals surface area contributed by atoms with Gasteiger partial charge in [-0.1, -0.05) is 66.8 Å². The van der Waals surface area contributed by atoms with Crippen molar-refractivity contribution in [2.75, 3.05) is 18.4 Å². The van der Waals surface area contributed by atoms with E-state index in [9.17, 15) is 19.5 Å². The SMILES string of the molecule is Cc1cccn2c(=O)c(C=C3SC(=S)N(CCCCCC(=O)O)C3=O)c(NCC(O)c3ccccc3)nc12. The minimum Gasteiger partial charge on any atom is -0.481 e. The number of thiocarbonyl (C=S) groups is 1. The molecule has 4 rings (SSSR count). The van der Waals surface area contributed by atoms with Gasteiger partial charge in [-0.15, -0.1) is 0 Å². The molecular formula is C27H28N4O5S2. The first-order chi connectivity index (χ1) is 18.3. The number of aromatic nitrogens is 2. The summed E-state index contributed by atoms with van der Waals surface area (Å²) in [7, 11) is 0. The summed E-state index contributed by atoms with van der Waals surface area (Å²) in [5.41, 5.74) is 1.83. The van der Waals surface area contributed by atoms with Gasteiger partial charge < -0.3 is 15.5 Å². The van der Waals surface area contributed by atoms with Gasteiger partial charge in [-0.3, -0.25) is 23.7 Å². The van der Waals surface area contributed by atoms with Crippen LogP contribution in [0.3, 0.4) is 0 Å². The van der Waals surface area contributed by atoms with E-state index in [1.165, 1.54) is 15.4 Å². The lowest BCUT2D eigenvalue weighted by atomic mass is 10.1. The number of fused-ring (bicyclic) bond motifs is 1. The number of pyridine rings is 1. The van der Waals surface area contributed by atoms with Crippen molar-refractivity contribution >= 4 is 57.7 Å². The number of benzene rings is 1. The maximum atomic E-state index is 13.5. The summed E-state index contributed by atoms with van der Waals surface area (Å²) in [6.07, 6.45) is 4.20. The quantitative estimate of drug-likeness (QED) is 0.184. The molecule has 0 aliphatic carbocycles. The molecule has 1 aliphatic heterocycles. The van der Waals surface area contributed by atoms with Crippen LogP contribution in [0.5, 0.6) is 0 Å². The average Bonchev–Trinajstić information content (AvgIpc) is 3.17. The summed E-state index contributed by atoms with van der Waals surface area (Å²) >= 11 is 6.53. The van der Waals surface area contributed by atoms with E-state index in [1.54, 1.807) is 12.3 Å². The molecule has 198 valence electrons. The number of amides is 1. The Balaban J connectivity index is 1.61. The fraction of sp³-hybridized carbons (Fsp3) is 0.296. The van der Waals surface area contributed by atoms with Crippen LogP contribution in [-0.4, -0.2) is 53.8 Å². The first kappa shape index (κ1) is 27.5. The molecule has 3 heterocycles. The Kier molecular flexibility index (Phi) is 8.93. The van der Waals surface area contributed by atoms with Crippen molar-refractivity contribution in [2.45, 2.75) is 38.7 Å². The number of anilines is 1. The molecule has 0 radical (unpaired) electrons. The Morgan fingerprint density at radius 2 is 1.92 bits per heavy atom. The van der Waals surface area contributed by atoms with Crippen molar-refractivity contribution in [3.8, 4) is 0 Å². The number of carboxylic acid groups (broad SMARTS) is 1. The Morgan fingerprint density at radius 3 is 2.66 bits per heavy atom. The molecule has 1 unspecified atom stereocenters. The van der Waals surface area contributed by atoms with Crippen LogP contribution in [0.25, 0.3) is 11.7 Å². The number of unbranched alkanes of at least 4 members (excludes halogenated alkanes) is 2. The summed E-state index contributed by atoms with van der Waals surface area (Å²) in [5, 5.41) is 22.5. The summed E-state index contributed by atoms with van der Waals surface area (Å²) < 4.78 is 1.82. The van der Waals surface area contributed by atoms with E-state index in [2.05, 4.69) is 10.3 Å². The van der Waals surface area contributed by atoms with Crippen molar-refractivity contribution in [3.63, 3.8) is 0 Å². The van der Waals surface area contributed by atoms with Gasteiger partial charge in [0.25, 0.3) is 11.5 Å². The number of hydrogen-bond acceptors (Lipinski definition) is 8. The molecule has 1 aliphatic rings. The van der Waals surface area contributed by atoms with Crippen LogP contribution in [0.1, 0.15) is 48.5 Å². The second kappa shape index (κ2) is 12.3. The third-order valence-electron chi connectivity index (χ3n) is 6.15. The molecule has 2 aromatic heterocycles. The number of carbonyl (C=O) groups is 2. The smallest absolute Gasteiger partial charge is 0.303 e. The molecule has 1 atom stereocenters. The van der Waals surface area contributed by atoms with Crippen molar-refractivity contribution in [1.82, 2.24) is 14.3 Å². The third-order valence-corrected chi connectivity index (χ3v) is 7.53. The third kappa shape index (κ3) is 6.29. The second-order valence-electron chi connectivity index (χ2n) is 8.91. The van der Waals surface area contributed by atoms with Crippen LogP contribution in [0.15, 0.2) is 58.4 Å². The van der Waals surface area contributed by atoms with Crippen LogP contribution in [-0.2, 0) is 9.59 Å². The predicted octanol–water partition coefficient (Wildman–Crippen LogP) is 3.99. The van der Waals surface area contributed by atoms with E-state index in [1.807, 2.05) is 43.3 Å². The van der Waals surface area contributed by atoms with Gasteiger partial charge in [0.15, 0.2) is 0 Å². The van der Waals surface area contributed by atoms with Crippen molar-refractivity contribution in [3.05, 3.63) is 80.6 Å². The number of hydrogen-bond donors (Lipinski definition) is 3. The molecular weight excluding hydrogens is 524 g/mol. The molecule has 3 aromatic rings. The highest BCUT2D eigenvalue weighted by atomic mass is 32.2. The number of aryl methyl sites for hydroxylation is 1. The van der Waals surface area contributed by atoms with Crippen molar-refractivity contribution in [2.24, 2.45) is 0 Å². The van der Waals surface area contributed by atoms with Crippen LogP contribution in [0, 0.1) is 6.92 Å². The number of thioether (sulfide) groups is 1. The lowest BCUT2D eigenvalue weighted by molar-refractivity contribution is -0.137. The van der Waals surface area contributed by atoms with E-state index in [0.717, 1.165) is 22.9 Å². The van der Waals surface area contributed by atoms with E-state index in [0.29, 0.717) is 40.7 Å². The Bertz CT molecular complexity index is 1460. The molecule has 9 nitrogen and oxygen atoms in total. The molecule has 0 saturated carbocycles. The van der Waals surface area contributed by atoms with Gasteiger partial charge in [0.05, 0.1) is 16.6 Å². The average molecular weight is 553 g/mol. The number of nitrogens with zero attached hydrogens (tertiary/aromatic N) is 3. The number of nitrogens with one attached hydrogen (secondary N) is 1. The van der Waals surface area contributed by atoms with Crippen LogP contribution in [0.2, 0.25) is 0 Å². The fourth-order valence-corrected chi connectivity index (χ4v) is 5.40. The van der Waals surface area contributed by atoms with E-state index in [4.69, 9.17) is 17.3 Å². The molecule has 0 bridgehead atoms. The summed E-state index contributed by atoms with van der Waals surface area (Å²) in [6.45, 7) is 2.34. The summed E-state index contributed by atoms with van der Waals surface area (Å²) in [6, 6.07) is 12.8. The standard InChI is InChI=1S/C27H28N4O5S2/c1-17-9-8-14-30-24(17)29-23(28-16-20(32)18-10-4-2-5-11-18)19(25(30)35)15-21-26(36)31(27(37)38-21)13-7-3-6-12-22(33)34/h2,4-5,8-11,14-15,20,28,32H,3,6-7,12-13,16H2,1H3,(H,33,34). The first-order valence-electron chi connectivity index (χ1n) is 12.2. The highest BCUT2D eigenvalue weighted by molar-refractivity contribution is 8.26. The zero-order chi connectivity index (χ0) is 27.2. The van der Waals surface area contributed by atoms with Crippen LogP contribution >= 0.6 is 24.0 Å². The Labute approximate surface area is 229 Å². The van der Waals surface area contributed by atoms with Gasteiger partial charge in [-0.05, 0) is 43.0 Å². The zero-order valence-corrected chi connectivity index (χ0v) is 22.4. The second-order valence-corrected chi connectivity index (χ2v) is 10.6. The largest absolute Gasteiger partial charge is 0.481 e. The highest BCUT2D eigenvalue weighted by Gasteiger charge is 2.32. The predicted molar refractivity (Wildman–Crippen MR) is 152 cm³/mol. The normalized spacial score (nSPS) is 15.4. The Hall–Kier alpha value is -3.54. The van der Waals surface area contributed by atoms with Crippen molar-refractivity contribution in [1.29, 1.82) is 0 Å². The topological polar surface area (TPSA) is 124 Å². The number of carbonyl (C=O) groups excluding carboxylic acids is 1. The van der Waals surface area contributed by atoms with Gasteiger partial charge in [0.2, 0.25) is 0 Å². The molecule has 38 heavy (non-hydrogen) atoms. The number of aliphatic hydroxyl groups is 1. The molecule has 11 heteroatoms. The van der Waals surface area contributed by atoms with Gasteiger partial charge in [0, 0.05) is 25.7 Å². The molecule has 1 saturated heterocycles. The minimum atomic E-state index is -0.843. The summed E-state index contributed by atoms with van der Waals surface area (Å²) in [4.78, 5) is 43.8. The lowest BCUT2D eigenvalue weighted by Gasteiger charge is -2.16. The molecule has 1 amide bonds. The van der Waals surface area contributed by atoms with Crippen LogP contribution in [0.4, 0.5) is 5.82 Å². The first-order valence-corrected chi connectivity index (χ1v) is 13.4. The maximum absolute atomic E-state index is 13.5. The fourth-order valence-electron chi connectivity index (χ4n) is 4.11. The number of aliphatic hydroxyl groups excluding tert-OH is 1. The van der Waals surface area contributed by atoms with E-state index >= 15 is 0 Å². The molecule has 0 spiro atoms. The van der Waals surface area contributed by atoms with Gasteiger partial charge in [0.1, 0.15) is 15.8 Å². The minimum absolute atomic E-state index is 0.0887. The number of carboxylic acids is 1. The molecule has 3 N–H and O–H groups in total. The zero-order valence-electron chi connectivity index (χ0n) is 20.8. The number of aliphatic carboxylic acids is 1. The highest BCUT2D eigenvalue weighted by Crippen LogP contribution is 2.33. The van der Waals surface area contributed by atoms with Gasteiger partial charge >= 0.3 is 5.97 Å². The van der Waals surface area contributed by atoms with Crippen LogP contribution < -0.4 is 10.9 Å². The van der Waals surface area contributed by atoms with Gasteiger partial charge in [-0.2, -0.15) is 0 Å². The summed E-state index contributed by atoms with van der Waals surface area (Å²) in [5.74, 6) is -0.884. The lowest BCUT2D eigenvalue weighted by Crippen LogP contribution is -2.29. The van der Waals surface area contributed by atoms with Gasteiger partial charge in [-0.25, -0.2) is 4.98 Å².